The number of rotatable bonds is 1. The van der Waals surface area contributed by atoms with Crippen LogP contribution in [0.4, 0.5) is 0 Å². The number of likely N-dealkylation sites (tertiary alicyclic amines) is 1. The molecule has 3 nitrogen and oxygen atoms in total. The van der Waals surface area contributed by atoms with Crippen LogP contribution in [0.5, 0.6) is 0 Å². The van der Waals surface area contributed by atoms with E-state index in [9.17, 15) is 9.59 Å². The van der Waals surface area contributed by atoms with Crippen molar-refractivity contribution in [2.45, 2.75) is 13.3 Å². The number of hydrogen-bond donors (Lipinski definition) is 0. The Morgan fingerprint density at radius 2 is 2.12 bits per heavy atom. The molecule has 0 N–H and O–H groups in total. The maximum atomic E-state index is 12.2. The predicted octanol–water partition coefficient (Wildman–Crippen LogP) is 3.22. The second kappa shape index (κ2) is 4.90. The maximum Gasteiger partial charge on any atom is 0.261 e. The Morgan fingerprint density at radius 3 is 2.71 bits per heavy atom. The standard InChI is InChI=1S/C12H11Br2NO2/c1-7-4-11(16)15(6-7)12(17)9-5-8(13)2-3-10(9)14/h2-3,5,7H,4,6H2,1H3. The molecule has 1 aliphatic rings. The molecule has 1 atom stereocenters. The first kappa shape index (κ1) is 12.8. The predicted molar refractivity (Wildman–Crippen MR) is 71.7 cm³/mol. The zero-order valence-corrected chi connectivity index (χ0v) is 12.4. The molecule has 0 radical (unpaired) electrons. The lowest BCUT2D eigenvalue weighted by Gasteiger charge is -2.15. The lowest BCUT2D eigenvalue weighted by molar-refractivity contribution is -0.125. The molecule has 2 amide bonds. The first-order chi connectivity index (χ1) is 7.99. The van der Waals surface area contributed by atoms with Gasteiger partial charge in [-0.3, -0.25) is 14.5 Å². The van der Waals surface area contributed by atoms with E-state index in [2.05, 4.69) is 31.9 Å². The molecule has 1 fully saturated rings. The Morgan fingerprint density at radius 1 is 1.41 bits per heavy atom. The van der Waals surface area contributed by atoms with Gasteiger partial charge in [0.1, 0.15) is 0 Å². The monoisotopic (exact) mass is 359 g/mol. The normalized spacial score (nSPS) is 19.8. The van der Waals surface area contributed by atoms with Crippen LogP contribution in [-0.2, 0) is 4.79 Å². The van der Waals surface area contributed by atoms with Gasteiger partial charge in [-0.25, -0.2) is 0 Å². The molecule has 0 aliphatic carbocycles. The van der Waals surface area contributed by atoms with Crippen LogP contribution in [0, 0.1) is 5.92 Å². The van der Waals surface area contributed by atoms with Crippen molar-refractivity contribution >= 4 is 43.7 Å². The molecule has 0 spiro atoms. The lowest BCUT2D eigenvalue weighted by atomic mass is 10.2. The molecule has 0 bridgehead atoms. The lowest BCUT2D eigenvalue weighted by Crippen LogP contribution is -2.32. The number of halogens is 2. The molecule has 0 aromatic heterocycles. The zero-order chi connectivity index (χ0) is 12.6. The first-order valence-corrected chi connectivity index (χ1v) is 6.87. The van der Waals surface area contributed by atoms with Crippen LogP contribution in [-0.4, -0.2) is 23.3 Å². The van der Waals surface area contributed by atoms with Crippen LogP contribution in [0.25, 0.3) is 0 Å². The minimum atomic E-state index is -0.229. The number of hydrogen-bond acceptors (Lipinski definition) is 2. The third-order valence-electron chi connectivity index (χ3n) is 2.72. The van der Waals surface area contributed by atoms with Gasteiger partial charge in [0.05, 0.1) is 5.56 Å². The summed E-state index contributed by atoms with van der Waals surface area (Å²) in [5.41, 5.74) is 0.516. The Balaban J connectivity index is 2.31. The fourth-order valence-electron chi connectivity index (χ4n) is 1.89. The highest BCUT2D eigenvalue weighted by atomic mass is 79.9. The highest BCUT2D eigenvalue weighted by Crippen LogP contribution is 2.26. The van der Waals surface area contributed by atoms with Gasteiger partial charge in [0.2, 0.25) is 5.91 Å². The molecule has 1 aliphatic heterocycles. The molecule has 5 heteroatoms. The second-order valence-corrected chi connectivity index (χ2v) is 6.01. The van der Waals surface area contributed by atoms with Gasteiger partial charge >= 0.3 is 0 Å². The minimum Gasteiger partial charge on any atom is -0.278 e. The average Bonchev–Trinajstić information content (AvgIpc) is 2.60. The Kier molecular flexibility index (Phi) is 3.68. The van der Waals surface area contributed by atoms with Gasteiger partial charge < -0.3 is 0 Å². The summed E-state index contributed by atoms with van der Waals surface area (Å²) < 4.78 is 1.53. The van der Waals surface area contributed by atoms with Gasteiger partial charge in [-0.2, -0.15) is 0 Å². The summed E-state index contributed by atoms with van der Waals surface area (Å²) in [6.07, 6.45) is 0.456. The zero-order valence-electron chi connectivity index (χ0n) is 9.24. The molecule has 2 rings (SSSR count). The molecular weight excluding hydrogens is 350 g/mol. The van der Waals surface area contributed by atoms with Crippen molar-refractivity contribution in [1.29, 1.82) is 0 Å². The Labute approximate surface area is 116 Å². The van der Waals surface area contributed by atoms with Crippen LogP contribution < -0.4 is 0 Å². The average molecular weight is 361 g/mol. The summed E-state index contributed by atoms with van der Waals surface area (Å²) in [5.74, 6) is -0.0701. The molecule has 1 saturated heterocycles. The summed E-state index contributed by atoms with van der Waals surface area (Å²) >= 11 is 6.66. The van der Waals surface area contributed by atoms with Gasteiger partial charge in [-0.05, 0) is 40.0 Å². The van der Waals surface area contributed by atoms with E-state index in [0.29, 0.717) is 23.0 Å². The highest BCUT2D eigenvalue weighted by molar-refractivity contribution is 9.11. The summed E-state index contributed by atoms with van der Waals surface area (Å²) in [7, 11) is 0. The molecule has 1 unspecified atom stereocenters. The summed E-state index contributed by atoms with van der Waals surface area (Å²) in [6, 6.07) is 5.36. The molecule has 0 saturated carbocycles. The first-order valence-electron chi connectivity index (χ1n) is 5.29. The minimum absolute atomic E-state index is 0.0885. The topological polar surface area (TPSA) is 37.4 Å². The van der Waals surface area contributed by atoms with Gasteiger partial charge in [0, 0.05) is 21.9 Å². The van der Waals surface area contributed by atoms with E-state index in [-0.39, 0.29) is 17.7 Å². The van der Waals surface area contributed by atoms with Crippen molar-refractivity contribution in [3.63, 3.8) is 0 Å². The Bertz CT molecular complexity index is 487. The highest BCUT2D eigenvalue weighted by Gasteiger charge is 2.32. The van der Waals surface area contributed by atoms with E-state index in [1.165, 1.54) is 4.90 Å². The number of nitrogens with zero attached hydrogens (tertiary/aromatic N) is 1. The fourth-order valence-corrected chi connectivity index (χ4v) is 2.67. The number of benzene rings is 1. The van der Waals surface area contributed by atoms with Crippen LogP contribution >= 0.6 is 31.9 Å². The maximum absolute atomic E-state index is 12.2. The molecular formula is C12H11Br2NO2. The van der Waals surface area contributed by atoms with E-state index in [1.807, 2.05) is 13.0 Å². The van der Waals surface area contributed by atoms with Crippen LogP contribution in [0.15, 0.2) is 27.1 Å². The molecule has 90 valence electrons. The van der Waals surface area contributed by atoms with Crippen LogP contribution in [0.3, 0.4) is 0 Å². The fraction of sp³-hybridized carbons (Fsp3) is 0.333. The summed E-state index contributed by atoms with van der Waals surface area (Å²) in [5, 5.41) is 0. The van der Waals surface area contributed by atoms with Crippen molar-refractivity contribution < 1.29 is 9.59 Å². The number of imide groups is 1. The largest absolute Gasteiger partial charge is 0.278 e. The van der Waals surface area contributed by atoms with Crippen molar-refractivity contribution in [2.24, 2.45) is 5.92 Å². The van der Waals surface area contributed by atoms with Gasteiger partial charge in [0.25, 0.3) is 5.91 Å². The van der Waals surface area contributed by atoms with E-state index in [1.54, 1.807) is 12.1 Å². The van der Waals surface area contributed by atoms with Gasteiger partial charge in [-0.15, -0.1) is 0 Å². The third-order valence-corrected chi connectivity index (χ3v) is 3.91. The number of amides is 2. The summed E-state index contributed by atoms with van der Waals surface area (Å²) in [4.78, 5) is 25.2. The van der Waals surface area contributed by atoms with Crippen molar-refractivity contribution in [3.8, 4) is 0 Å². The van der Waals surface area contributed by atoms with Crippen molar-refractivity contribution in [3.05, 3.63) is 32.7 Å². The molecule has 1 aromatic carbocycles. The van der Waals surface area contributed by atoms with Gasteiger partial charge in [-0.1, -0.05) is 22.9 Å². The van der Waals surface area contributed by atoms with Crippen LogP contribution in [0.2, 0.25) is 0 Å². The Hall–Kier alpha value is -0.680. The SMILES string of the molecule is CC1CC(=O)N(C(=O)c2cc(Br)ccc2Br)C1. The summed E-state index contributed by atoms with van der Waals surface area (Å²) in [6.45, 7) is 2.48. The van der Waals surface area contributed by atoms with Crippen molar-refractivity contribution in [2.75, 3.05) is 6.54 Å². The van der Waals surface area contributed by atoms with E-state index in [0.717, 1.165) is 4.47 Å². The number of carbonyl (C=O) groups excluding carboxylic acids is 2. The van der Waals surface area contributed by atoms with Crippen LogP contribution in [0.1, 0.15) is 23.7 Å². The second-order valence-electron chi connectivity index (χ2n) is 4.24. The third kappa shape index (κ3) is 2.60. The van der Waals surface area contributed by atoms with E-state index < -0.39 is 0 Å². The van der Waals surface area contributed by atoms with E-state index in [4.69, 9.17) is 0 Å². The smallest absolute Gasteiger partial charge is 0.261 e. The number of carbonyl (C=O) groups is 2. The quantitative estimate of drug-likeness (QED) is 0.721. The molecule has 1 aromatic rings. The molecule has 1 heterocycles. The van der Waals surface area contributed by atoms with E-state index >= 15 is 0 Å². The van der Waals surface area contributed by atoms with Gasteiger partial charge in [0.15, 0.2) is 0 Å². The van der Waals surface area contributed by atoms with Crippen molar-refractivity contribution in [1.82, 2.24) is 4.90 Å². The molecule has 17 heavy (non-hydrogen) atoms.